The summed E-state index contributed by atoms with van der Waals surface area (Å²) in [5, 5.41) is 0. The second kappa shape index (κ2) is 7.60. The third kappa shape index (κ3) is 4.62. The van der Waals surface area contributed by atoms with Crippen LogP contribution in [0.15, 0.2) is 24.3 Å². The van der Waals surface area contributed by atoms with Gasteiger partial charge in [0.25, 0.3) is 0 Å². The molecular formula is C25H36NO2P. The first kappa shape index (κ1) is 22.1. The Bertz CT molecular complexity index is 848. The fraction of sp³-hybridized carbons (Fsp3) is 0.520. The Morgan fingerprint density at radius 2 is 1.10 bits per heavy atom. The molecule has 158 valence electrons. The zero-order valence-corrected chi connectivity index (χ0v) is 20.6. The van der Waals surface area contributed by atoms with Crippen LogP contribution in [0.5, 0.6) is 11.5 Å². The molecule has 0 saturated heterocycles. The van der Waals surface area contributed by atoms with Crippen LogP contribution >= 0.6 is 8.53 Å². The lowest BCUT2D eigenvalue weighted by molar-refractivity contribution is 0.396. The van der Waals surface area contributed by atoms with Crippen LogP contribution in [0.25, 0.3) is 0 Å². The van der Waals surface area contributed by atoms with E-state index in [4.69, 9.17) is 9.05 Å². The van der Waals surface area contributed by atoms with Gasteiger partial charge in [0.15, 0.2) is 0 Å². The van der Waals surface area contributed by atoms with E-state index >= 15 is 0 Å². The Kier molecular flexibility index (Phi) is 5.80. The van der Waals surface area contributed by atoms with Crippen molar-refractivity contribution >= 4 is 8.53 Å². The average Bonchev–Trinajstić information content (AvgIpc) is 2.53. The molecule has 0 radical (unpaired) electrons. The quantitative estimate of drug-likeness (QED) is 0.468. The van der Waals surface area contributed by atoms with Gasteiger partial charge in [0.2, 0.25) is 0 Å². The van der Waals surface area contributed by atoms with Crippen molar-refractivity contribution in [2.45, 2.75) is 72.6 Å². The van der Waals surface area contributed by atoms with E-state index in [2.05, 4.69) is 84.3 Å². The molecule has 0 aromatic heterocycles. The molecule has 0 saturated carbocycles. The van der Waals surface area contributed by atoms with Crippen LogP contribution in [-0.2, 0) is 17.3 Å². The van der Waals surface area contributed by atoms with Gasteiger partial charge in [0, 0.05) is 17.5 Å². The third-order valence-electron chi connectivity index (χ3n) is 5.28. The van der Waals surface area contributed by atoms with E-state index in [1.807, 2.05) is 14.1 Å². The lowest BCUT2D eigenvalue weighted by Crippen LogP contribution is -2.22. The van der Waals surface area contributed by atoms with Gasteiger partial charge in [-0.2, -0.15) is 0 Å². The van der Waals surface area contributed by atoms with E-state index in [1.165, 1.54) is 33.4 Å². The van der Waals surface area contributed by atoms with Crippen LogP contribution in [0.1, 0.15) is 74.9 Å². The Balaban J connectivity index is 2.30. The molecule has 1 heterocycles. The number of benzene rings is 2. The largest absolute Gasteiger partial charge is 0.426 e. The van der Waals surface area contributed by atoms with Crippen LogP contribution in [0, 0.1) is 13.8 Å². The van der Waals surface area contributed by atoms with Gasteiger partial charge in [-0.05, 0) is 49.9 Å². The molecule has 1 aliphatic rings. The summed E-state index contributed by atoms with van der Waals surface area (Å²) in [6.45, 7) is 17.8. The summed E-state index contributed by atoms with van der Waals surface area (Å²) in [5.74, 6) is 1.99. The van der Waals surface area contributed by atoms with Gasteiger partial charge in [0.1, 0.15) is 11.5 Å². The topological polar surface area (TPSA) is 21.7 Å². The summed E-state index contributed by atoms with van der Waals surface area (Å²) in [7, 11) is 2.80. The molecule has 0 amide bonds. The standard InChI is InChI=1S/C25H36NO2P/c1-16-11-18-15-19-12-17(2)14-21(25(6,7)8)23(19)28-29(26(9)10)27-22(18)20(13-16)24(3,4)5/h11-14H,15H2,1-10H3. The van der Waals surface area contributed by atoms with E-state index in [-0.39, 0.29) is 10.8 Å². The molecule has 0 aliphatic carbocycles. The van der Waals surface area contributed by atoms with Crippen LogP contribution in [0.4, 0.5) is 0 Å². The zero-order valence-electron chi connectivity index (χ0n) is 19.7. The molecule has 0 bridgehead atoms. The first-order valence-corrected chi connectivity index (χ1v) is 11.5. The first-order chi connectivity index (χ1) is 13.3. The van der Waals surface area contributed by atoms with Gasteiger partial charge in [-0.25, -0.2) is 4.67 Å². The number of nitrogens with zero attached hydrogens (tertiary/aromatic N) is 1. The lowest BCUT2D eigenvalue weighted by Gasteiger charge is -2.34. The summed E-state index contributed by atoms with van der Waals surface area (Å²) in [4.78, 5) is 0. The number of fused-ring (bicyclic) bond motifs is 2. The SMILES string of the molecule is Cc1cc2c(c(C(C)(C)C)c1)OP(N(C)C)Oc1c(cc(C)cc1C(C)(C)C)C2. The number of hydrogen-bond donors (Lipinski definition) is 0. The number of hydrogen-bond acceptors (Lipinski definition) is 3. The number of aryl methyl sites for hydroxylation is 2. The van der Waals surface area contributed by atoms with Crippen molar-refractivity contribution in [3.8, 4) is 11.5 Å². The van der Waals surface area contributed by atoms with Crippen LogP contribution < -0.4 is 9.05 Å². The second-order valence-electron chi connectivity index (χ2n) is 10.5. The normalized spacial score (nSPS) is 15.1. The fourth-order valence-corrected chi connectivity index (χ4v) is 4.94. The van der Waals surface area contributed by atoms with Crippen LogP contribution in [-0.4, -0.2) is 18.8 Å². The molecule has 29 heavy (non-hydrogen) atoms. The molecule has 1 aliphatic heterocycles. The maximum atomic E-state index is 6.63. The predicted octanol–water partition coefficient (Wildman–Crippen LogP) is 7.05. The molecule has 0 spiro atoms. The van der Waals surface area contributed by atoms with Crippen molar-refractivity contribution in [1.29, 1.82) is 0 Å². The maximum absolute atomic E-state index is 6.63. The average molecular weight is 414 g/mol. The van der Waals surface area contributed by atoms with Gasteiger partial charge in [-0.15, -0.1) is 0 Å². The third-order valence-corrected chi connectivity index (χ3v) is 6.61. The van der Waals surface area contributed by atoms with Crippen molar-refractivity contribution in [3.63, 3.8) is 0 Å². The van der Waals surface area contributed by atoms with E-state index in [0.717, 1.165) is 17.9 Å². The van der Waals surface area contributed by atoms with Gasteiger partial charge in [0.05, 0.1) is 0 Å². The Labute approximate surface area is 178 Å². The van der Waals surface area contributed by atoms with Crippen LogP contribution in [0.2, 0.25) is 0 Å². The molecule has 3 rings (SSSR count). The number of rotatable bonds is 1. The smallest absolute Gasteiger partial charge is 0.384 e. The summed E-state index contributed by atoms with van der Waals surface area (Å²) in [6.07, 6.45) is 0.816. The summed E-state index contributed by atoms with van der Waals surface area (Å²) >= 11 is 0. The summed E-state index contributed by atoms with van der Waals surface area (Å²) in [5.41, 5.74) is 7.54. The van der Waals surface area contributed by atoms with Gasteiger partial charge in [-0.3, -0.25) is 0 Å². The van der Waals surface area contributed by atoms with Crippen LogP contribution in [0.3, 0.4) is 0 Å². The molecule has 0 unspecified atom stereocenters. The molecule has 4 heteroatoms. The monoisotopic (exact) mass is 413 g/mol. The maximum Gasteiger partial charge on any atom is 0.384 e. The Hall–Kier alpha value is -1.57. The van der Waals surface area contributed by atoms with Gasteiger partial charge >= 0.3 is 8.53 Å². The van der Waals surface area contributed by atoms with Crippen molar-refractivity contribution in [3.05, 3.63) is 57.6 Å². The molecule has 0 fully saturated rings. The highest BCUT2D eigenvalue weighted by molar-refractivity contribution is 7.45. The molecule has 2 aromatic rings. The first-order valence-electron chi connectivity index (χ1n) is 10.4. The second-order valence-corrected chi connectivity index (χ2v) is 12.2. The molecule has 2 aromatic carbocycles. The molecular weight excluding hydrogens is 377 g/mol. The van der Waals surface area contributed by atoms with Crippen molar-refractivity contribution in [1.82, 2.24) is 4.67 Å². The zero-order chi connectivity index (χ0) is 21.7. The molecule has 0 atom stereocenters. The molecule has 3 nitrogen and oxygen atoms in total. The Morgan fingerprint density at radius 3 is 1.41 bits per heavy atom. The van der Waals surface area contributed by atoms with Crippen molar-refractivity contribution in [2.75, 3.05) is 14.1 Å². The highest BCUT2D eigenvalue weighted by Crippen LogP contribution is 2.52. The fourth-order valence-electron chi connectivity index (χ4n) is 3.83. The van der Waals surface area contributed by atoms with Crippen molar-refractivity contribution < 1.29 is 9.05 Å². The van der Waals surface area contributed by atoms with E-state index < -0.39 is 8.53 Å². The minimum atomic E-state index is -1.26. The van der Waals surface area contributed by atoms with E-state index in [1.54, 1.807) is 0 Å². The Morgan fingerprint density at radius 1 is 0.724 bits per heavy atom. The summed E-state index contributed by atoms with van der Waals surface area (Å²) in [6, 6.07) is 9.09. The highest BCUT2D eigenvalue weighted by Gasteiger charge is 2.33. The van der Waals surface area contributed by atoms with E-state index in [0.29, 0.717) is 0 Å². The molecule has 0 N–H and O–H groups in total. The highest BCUT2D eigenvalue weighted by atomic mass is 31.2. The van der Waals surface area contributed by atoms with Gasteiger partial charge < -0.3 is 9.05 Å². The minimum absolute atomic E-state index is 0.00534. The van der Waals surface area contributed by atoms with Crippen molar-refractivity contribution in [2.24, 2.45) is 0 Å². The lowest BCUT2D eigenvalue weighted by atomic mass is 9.81. The van der Waals surface area contributed by atoms with Gasteiger partial charge in [-0.1, -0.05) is 76.9 Å². The summed E-state index contributed by atoms with van der Waals surface area (Å²) < 4.78 is 15.3. The predicted molar refractivity (Wildman–Crippen MR) is 124 cm³/mol. The van der Waals surface area contributed by atoms with E-state index in [9.17, 15) is 0 Å². The minimum Gasteiger partial charge on any atom is -0.426 e.